The zero-order chi connectivity index (χ0) is 15.1. The van der Waals surface area contributed by atoms with Crippen molar-refractivity contribution in [3.63, 3.8) is 0 Å². The Balaban J connectivity index is 1.91. The highest BCUT2D eigenvalue weighted by Crippen LogP contribution is 2.17. The average molecular weight is 284 g/mol. The molecule has 4 nitrogen and oxygen atoms in total. The summed E-state index contributed by atoms with van der Waals surface area (Å²) in [6, 6.07) is 14.8. The van der Waals surface area contributed by atoms with E-state index in [0.717, 1.165) is 24.1 Å². The molecule has 0 radical (unpaired) electrons. The molecule has 110 valence electrons. The highest BCUT2D eigenvalue weighted by molar-refractivity contribution is 5.92. The standard InChI is InChI=1S/C17H20N2O2/c1-2-5-13-6-3-4-7-16(13)19-17(20)12-21-15-10-8-14(18)9-11-15/h3-4,6-11H,2,5,12,18H2,1H3,(H,19,20). The van der Waals surface area contributed by atoms with Gasteiger partial charge >= 0.3 is 0 Å². The Bertz CT molecular complexity index is 594. The predicted molar refractivity (Wildman–Crippen MR) is 85.4 cm³/mol. The fraction of sp³-hybridized carbons (Fsp3) is 0.235. The maximum atomic E-state index is 11.9. The van der Waals surface area contributed by atoms with Crippen LogP contribution >= 0.6 is 0 Å². The van der Waals surface area contributed by atoms with Crippen LogP contribution in [-0.4, -0.2) is 12.5 Å². The van der Waals surface area contributed by atoms with E-state index in [1.807, 2.05) is 24.3 Å². The zero-order valence-electron chi connectivity index (χ0n) is 12.1. The first-order valence-electron chi connectivity index (χ1n) is 7.05. The summed E-state index contributed by atoms with van der Waals surface area (Å²) < 4.78 is 5.43. The van der Waals surface area contributed by atoms with Crippen LogP contribution in [0.25, 0.3) is 0 Å². The summed E-state index contributed by atoms with van der Waals surface area (Å²) in [5.41, 5.74) is 8.25. The Morgan fingerprint density at radius 3 is 2.57 bits per heavy atom. The molecular formula is C17H20N2O2. The first kappa shape index (κ1) is 14.9. The minimum Gasteiger partial charge on any atom is -0.484 e. The quantitative estimate of drug-likeness (QED) is 0.800. The van der Waals surface area contributed by atoms with Crippen LogP contribution in [-0.2, 0) is 11.2 Å². The smallest absolute Gasteiger partial charge is 0.262 e. The summed E-state index contributed by atoms with van der Waals surface area (Å²) >= 11 is 0. The average Bonchev–Trinajstić information content (AvgIpc) is 2.49. The second-order valence-electron chi connectivity index (χ2n) is 4.81. The van der Waals surface area contributed by atoms with Crippen molar-refractivity contribution in [3.05, 3.63) is 54.1 Å². The van der Waals surface area contributed by atoms with Crippen LogP contribution in [0, 0.1) is 0 Å². The molecule has 0 aliphatic heterocycles. The van der Waals surface area contributed by atoms with Crippen LogP contribution in [0.1, 0.15) is 18.9 Å². The predicted octanol–water partition coefficient (Wildman–Crippen LogP) is 3.24. The number of hydrogen-bond acceptors (Lipinski definition) is 3. The molecule has 0 spiro atoms. The summed E-state index contributed by atoms with van der Waals surface area (Å²) in [6.45, 7) is 2.09. The molecular weight excluding hydrogens is 264 g/mol. The van der Waals surface area contributed by atoms with Gasteiger partial charge in [0.15, 0.2) is 6.61 Å². The molecule has 0 bridgehead atoms. The van der Waals surface area contributed by atoms with E-state index in [4.69, 9.17) is 10.5 Å². The summed E-state index contributed by atoms with van der Waals surface area (Å²) in [5, 5.41) is 2.89. The van der Waals surface area contributed by atoms with E-state index in [1.165, 1.54) is 0 Å². The normalized spacial score (nSPS) is 10.1. The number of nitrogens with one attached hydrogen (secondary N) is 1. The molecule has 4 heteroatoms. The van der Waals surface area contributed by atoms with E-state index in [9.17, 15) is 4.79 Å². The van der Waals surface area contributed by atoms with E-state index >= 15 is 0 Å². The second-order valence-corrected chi connectivity index (χ2v) is 4.81. The fourth-order valence-corrected chi connectivity index (χ4v) is 2.03. The van der Waals surface area contributed by atoms with Gasteiger partial charge in [0, 0.05) is 11.4 Å². The first-order chi connectivity index (χ1) is 10.2. The lowest BCUT2D eigenvalue weighted by Gasteiger charge is -2.11. The molecule has 21 heavy (non-hydrogen) atoms. The number of benzene rings is 2. The molecule has 0 aliphatic carbocycles. The fourth-order valence-electron chi connectivity index (χ4n) is 2.03. The lowest BCUT2D eigenvalue weighted by atomic mass is 10.1. The Hall–Kier alpha value is -2.49. The Morgan fingerprint density at radius 2 is 1.86 bits per heavy atom. The van der Waals surface area contributed by atoms with Gasteiger partial charge in [0.25, 0.3) is 5.91 Å². The zero-order valence-corrected chi connectivity index (χ0v) is 12.1. The van der Waals surface area contributed by atoms with Gasteiger partial charge in [-0.15, -0.1) is 0 Å². The van der Waals surface area contributed by atoms with Gasteiger partial charge in [-0.3, -0.25) is 4.79 Å². The van der Waals surface area contributed by atoms with Crippen molar-refractivity contribution in [1.29, 1.82) is 0 Å². The number of nitrogens with two attached hydrogens (primary N) is 1. The largest absolute Gasteiger partial charge is 0.484 e. The third-order valence-corrected chi connectivity index (χ3v) is 3.06. The van der Waals surface area contributed by atoms with Crippen molar-refractivity contribution in [2.24, 2.45) is 0 Å². The molecule has 0 fully saturated rings. The van der Waals surface area contributed by atoms with E-state index in [-0.39, 0.29) is 12.5 Å². The number of aryl methyl sites for hydroxylation is 1. The van der Waals surface area contributed by atoms with E-state index in [0.29, 0.717) is 11.4 Å². The number of amides is 1. The molecule has 1 amide bonds. The second kappa shape index (κ2) is 7.33. The van der Waals surface area contributed by atoms with Crippen molar-refractivity contribution in [1.82, 2.24) is 0 Å². The molecule has 2 aromatic carbocycles. The number of ether oxygens (including phenoxy) is 1. The number of rotatable bonds is 6. The van der Waals surface area contributed by atoms with Crippen LogP contribution in [0.5, 0.6) is 5.75 Å². The van der Waals surface area contributed by atoms with Crippen molar-refractivity contribution in [3.8, 4) is 5.75 Å². The molecule has 0 atom stereocenters. The number of carbonyl (C=O) groups is 1. The summed E-state index contributed by atoms with van der Waals surface area (Å²) in [6.07, 6.45) is 1.98. The van der Waals surface area contributed by atoms with E-state index in [2.05, 4.69) is 12.2 Å². The van der Waals surface area contributed by atoms with Crippen LogP contribution in [0.2, 0.25) is 0 Å². The van der Waals surface area contributed by atoms with Crippen molar-refractivity contribution >= 4 is 17.3 Å². The molecule has 0 saturated heterocycles. The lowest BCUT2D eigenvalue weighted by Crippen LogP contribution is -2.20. The number of para-hydroxylation sites is 1. The van der Waals surface area contributed by atoms with Gasteiger partial charge < -0.3 is 15.8 Å². The third-order valence-electron chi connectivity index (χ3n) is 3.06. The summed E-state index contributed by atoms with van der Waals surface area (Å²) in [4.78, 5) is 11.9. The molecule has 2 rings (SSSR count). The Labute approximate surface area is 124 Å². The lowest BCUT2D eigenvalue weighted by molar-refractivity contribution is -0.118. The number of hydrogen-bond donors (Lipinski definition) is 2. The maximum absolute atomic E-state index is 11.9. The van der Waals surface area contributed by atoms with Crippen LogP contribution in [0.3, 0.4) is 0 Å². The monoisotopic (exact) mass is 284 g/mol. The highest BCUT2D eigenvalue weighted by Gasteiger charge is 2.07. The maximum Gasteiger partial charge on any atom is 0.262 e. The first-order valence-corrected chi connectivity index (χ1v) is 7.05. The number of carbonyl (C=O) groups excluding carboxylic acids is 1. The van der Waals surface area contributed by atoms with Crippen LogP contribution < -0.4 is 15.8 Å². The van der Waals surface area contributed by atoms with Crippen molar-refractivity contribution in [2.45, 2.75) is 19.8 Å². The van der Waals surface area contributed by atoms with Gasteiger partial charge in [0.1, 0.15) is 5.75 Å². The molecule has 0 unspecified atom stereocenters. The molecule has 0 aromatic heterocycles. The van der Waals surface area contributed by atoms with Gasteiger partial charge in [-0.1, -0.05) is 31.5 Å². The highest BCUT2D eigenvalue weighted by atomic mass is 16.5. The molecule has 0 heterocycles. The van der Waals surface area contributed by atoms with Gasteiger partial charge in [-0.05, 0) is 42.3 Å². The Morgan fingerprint density at radius 1 is 1.14 bits per heavy atom. The third kappa shape index (κ3) is 4.53. The van der Waals surface area contributed by atoms with Gasteiger partial charge in [0.2, 0.25) is 0 Å². The molecule has 0 aliphatic rings. The topological polar surface area (TPSA) is 64.3 Å². The van der Waals surface area contributed by atoms with Crippen molar-refractivity contribution < 1.29 is 9.53 Å². The van der Waals surface area contributed by atoms with Crippen LogP contribution in [0.4, 0.5) is 11.4 Å². The number of nitrogen functional groups attached to an aromatic ring is 1. The number of anilines is 2. The van der Waals surface area contributed by atoms with Crippen molar-refractivity contribution in [2.75, 3.05) is 17.7 Å². The summed E-state index contributed by atoms with van der Waals surface area (Å²) in [7, 11) is 0. The van der Waals surface area contributed by atoms with Gasteiger partial charge in [0.05, 0.1) is 0 Å². The molecule has 3 N–H and O–H groups in total. The molecule has 0 saturated carbocycles. The SMILES string of the molecule is CCCc1ccccc1NC(=O)COc1ccc(N)cc1. The Kier molecular flexibility index (Phi) is 5.21. The molecule has 2 aromatic rings. The minimum absolute atomic E-state index is 0.0234. The van der Waals surface area contributed by atoms with E-state index < -0.39 is 0 Å². The van der Waals surface area contributed by atoms with Gasteiger partial charge in [-0.25, -0.2) is 0 Å². The summed E-state index contributed by atoms with van der Waals surface area (Å²) in [5.74, 6) is 0.455. The van der Waals surface area contributed by atoms with Crippen LogP contribution in [0.15, 0.2) is 48.5 Å². The van der Waals surface area contributed by atoms with E-state index in [1.54, 1.807) is 24.3 Å². The minimum atomic E-state index is -0.171. The van der Waals surface area contributed by atoms with Gasteiger partial charge in [-0.2, -0.15) is 0 Å².